The maximum Gasteiger partial charge on any atom is 0.276 e. The van der Waals surface area contributed by atoms with Crippen LogP contribution in [-0.4, -0.2) is 53.9 Å². The maximum atomic E-state index is 11.3. The molecule has 7 heteroatoms. The molecule has 0 spiro atoms. The monoisotopic (exact) mass is 255 g/mol. The molecular formula is C10H17N5OS. The van der Waals surface area contributed by atoms with Crippen molar-refractivity contribution in [2.45, 2.75) is 6.54 Å². The predicted octanol–water partition coefficient (Wildman–Crippen LogP) is -0.506. The average Bonchev–Trinajstić information content (AvgIpc) is 2.80. The number of hydrazine groups is 1. The van der Waals surface area contributed by atoms with E-state index in [4.69, 9.17) is 5.84 Å². The first-order valence-corrected chi connectivity index (χ1v) is 6.37. The highest BCUT2D eigenvalue weighted by atomic mass is 32.1. The molecule has 0 aromatic carbocycles. The summed E-state index contributed by atoms with van der Waals surface area (Å²) in [5, 5.41) is 0.966. The van der Waals surface area contributed by atoms with Crippen LogP contribution in [0.2, 0.25) is 0 Å². The van der Waals surface area contributed by atoms with Gasteiger partial charge in [-0.1, -0.05) is 0 Å². The average molecular weight is 255 g/mol. The molecule has 1 aliphatic rings. The van der Waals surface area contributed by atoms with Gasteiger partial charge >= 0.3 is 0 Å². The zero-order chi connectivity index (χ0) is 12.3. The van der Waals surface area contributed by atoms with E-state index in [2.05, 4.69) is 27.3 Å². The van der Waals surface area contributed by atoms with Gasteiger partial charge in [0.25, 0.3) is 5.91 Å². The van der Waals surface area contributed by atoms with Crippen LogP contribution in [0.25, 0.3) is 0 Å². The van der Waals surface area contributed by atoms with E-state index in [-0.39, 0.29) is 5.91 Å². The summed E-state index contributed by atoms with van der Waals surface area (Å²) in [4.78, 5) is 20.7. The van der Waals surface area contributed by atoms with E-state index in [1.807, 2.05) is 0 Å². The van der Waals surface area contributed by atoms with Gasteiger partial charge in [-0.15, -0.1) is 11.3 Å². The van der Waals surface area contributed by atoms with Crippen LogP contribution in [0.15, 0.2) is 6.20 Å². The van der Waals surface area contributed by atoms with Crippen LogP contribution in [-0.2, 0) is 6.54 Å². The lowest BCUT2D eigenvalue weighted by Gasteiger charge is -2.31. The van der Waals surface area contributed by atoms with E-state index >= 15 is 0 Å². The van der Waals surface area contributed by atoms with E-state index in [0.717, 1.165) is 37.7 Å². The van der Waals surface area contributed by atoms with Gasteiger partial charge in [0.1, 0.15) is 9.88 Å². The summed E-state index contributed by atoms with van der Waals surface area (Å²) >= 11 is 1.40. The minimum absolute atomic E-state index is 0.271. The molecule has 0 bridgehead atoms. The number of thiazole rings is 1. The van der Waals surface area contributed by atoms with Gasteiger partial charge in [-0.05, 0) is 7.05 Å². The second-order valence-electron chi connectivity index (χ2n) is 4.17. The Kier molecular flexibility index (Phi) is 4.06. The van der Waals surface area contributed by atoms with Gasteiger partial charge in [-0.25, -0.2) is 10.8 Å². The highest BCUT2D eigenvalue weighted by Gasteiger charge is 2.16. The Balaban J connectivity index is 1.90. The topological polar surface area (TPSA) is 74.5 Å². The SMILES string of the molecule is CN1CCN(Cc2ncc(C(=O)NN)s2)CC1. The quantitative estimate of drug-likeness (QED) is 0.432. The Labute approximate surface area is 104 Å². The van der Waals surface area contributed by atoms with Crippen molar-refractivity contribution in [1.29, 1.82) is 0 Å². The molecule has 2 heterocycles. The maximum absolute atomic E-state index is 11.3. The Morgan fingerprint density at radius 1 is 1.53 bits per heavy atom. The molecule has 0 aliphatic carbocycles. The number of hydrogen-bond donors (Lipinski definition) is 2. The number of aromatic nitrogens is 1. The number of carbonyl (C=O) groups excluding carboxylic acids is 1. The molecule has 3 N–H and O–H groups in total. The number of amides is 1. The van der Waals surface area contributed by atoms with Gasteiger partial charge < -0.3 is 4.90 Å². The smallest absolute Gasteiger partial charge is 0.276 e. The first kappa shape index (κ1) is 12.4. The second-order valence-corrected chi connectivity index (χ2v) is 5.29. The van der Waals surface area contributed by atoms with Gasteiger partial charge in [0.05, 0.1) is 12.7 Å². The van der Waals surface area contributed by atoms with Crippen LogP contribution in [0, 0.1) is 0 Å². The Morgan fingerprint density at radius 2 is 2.24 bits per heavy atom. The number of nitrogens with zero attached hydrogens (tertiary/aromatic N) is 3. The third kappa shape index (κ3) is 3.22. The number of nitrogens with two attached hydrogens (primary N) is 1. The first-order chi connectivity index (χ1) is 8.19. The number of hydrogen-bond acceptors (Lipinski definition) is 6. The van der Waals surface area contributed by atoms with Crippen molar-refractivity contribution in [2.75, 3.05) is 33.2 Å². The fourth-order valence-electron chi connectivity index (χ4n) is 1.76. The van der Waals surface area contributed by atoms with Crippen molar-refractivity contribution in [3.05, 3.63) is 16.1 Å². The van der Waals surface area contributed by atoms with Crippen molar-refractivity contribution in [3.63, 3.8) is 0 Å². The van der Waals surface area contributed by atoms with E-state index in [1.165, 1.54) is 11.3 Å². The zero-order valence-electron chi connectivity index (χ0n) is 9.85. The first-order valence-electron chi connectivity index (χ1n) is 5.55. The van der Waals surface area contributed by atoms with Crippen molar-refractivity contribution in [2.24, 2.45) is 5.84 Å². The number of piperazine rings is 1. The highest BCUT2D eigenvalue weighted by Crippen LogP contribution is 2.15. The van der Waals surface area contributed by atoms with Gasteiger partial charge in [-0.3, -0.25) is 15.1 Å². The van der Waals surface area contributed by atoms with E-state index in [0.29, 0.717) is 4.88 Å². The van der Waals surface area contributed by atoms with Crippen molar-refractivity contribution in [1.82, 2.24) is 20.2 Å². The molecule has 1 aromatic heterocycles. The van der Waals surface area contributed by atoms with Crippen LogP contribution in [0.1, 0.15) is 14.7 Å². The third-order valence-electron chi connectivity index (χ3n) is 2.86. The van der Waals surface area contributed by atoms with Gasteiger partial charge in [0, 0.05) is 26.2 Å². The van der Waals surface area contributed by atoms with Crippen LogP contribution in [0.4, 0.5) is 0 Å². The van der Waals surface area contributed by atoms with E-state index in [1.54, 1.807) is 6.20 Å². The molecule has 17 heavy (non-hydrogen) atoms. The summed E-state index contributed by atoms with van der Waals surface area (Å²) in [6.45, 7) is 5.09. The summed E-state index contributed by atoms with van der Waals surface area (Å²) < 4.78 is 0. The number of nitrogen functional groups attached to an aromatic ring is 1. The summed E-state index contributed by atoms with van der Waals surface area (Å²) in [5.41, 5.74) is 2.12. The van der Waals surface area contributed by atoms with Crippen LogP contribution < -0.4 is 11.3 Å². The molecule has 1 saturated heterocycles. The molecule has 1 amide bonds. The number of likely N-dealkylation sites (N-methyl/N-ethyl adjacent to an activating group) is 1. The lowest BCUT2D eigenvalue weighted by Crippen LogP contribution is -2.43. The third-order valence-corrected chi connectivity index (χ3v) is 3.84. The Bertz CT molecular complexity index is 386. The molecule has 1 aromatic rings. The molecule has 0 saturated carbocycles. The summed E-state index contributed by atoms with van der Waals surface area (Å²) in [7, 11) is 2.13. The minimum Gasteiger partial charge on any atom is -0.304 e. The molecule has 94 valence electrons. The van der Waals surface area contributed by atoms with E-state index in [9.17, 15) is 4.79 Å². The molecule has 1 aliphatic heterocycles. The molecule has 6 nitrogen and oxygen atoms in total. The standard InChI is InChI=1S/C10H17N5OS/c1-14-2-4-15(5-3-14)7-9-12-6-8(17-9)10(16)13-11/h6H,2-5,7,11H2,1H3,(H,13,16). The lowest BCUT2D eigenvalue weighted by molar-refractivity contribution is 0.0957. The highest BCUT2D eigenvalue weighted by molar-refractivity contribution is 7.13. The number of carbonyl (C=O) groups is 1. The summed E-state index contributed by atoms with van der Waals surface area (Å²) in [6.07, 6.45) is 1.58. The molecule has 1 fully saturated rings. The van der Waals surface area contributed by atoms with Gasteiger partial charge in [0.15, 0.2) is 0 Å². The molecule has 2 rings (SSSR count). The second kappa shape index (κ2) is 5.54. The number of rotatable bonds is 3. The van der Waals surface area contributed by atoms with Crippen molar-refractivity contribution < 1.29 is 4.79 Å². The summed E-state index contributed by atoms with van der Waals surface area (Å²) in [6, 6.07) is 0. The Morgan fingerprint density at radius 3 is 2.88 bits per heavy atom. The molecule has 0 radical (unpaired) electrons. The lowest BCUT2D eigenvalue weighted by atomic mass is 10.3. The van der Waals surface area contributed by atoms with Crippen LogP contribution in [0.3, 0.4) is 0 Å². The molecule has 0 atom stereocenters. The van der Waals surface area contributed by atoms with E-state index < -0.39 is 0 Å². The summed E-state index contributed by atoms with van der Waals surface area (Å²) in [5.74, 6) is 4.81. The number of nitrogens with one attached hydrogen (secondary N) is 1. The zero-order valence-corrected chi connectivity index (χ0v) is 10.7. The van der Waals surface area contributed by atoms with Crippen molar-refractivity contribution >= 4 is 17.2 Å². The Hall–Kier alpha value is -1.02. The normalized spacial score (nSPS) is 18.2. The van der Waals surface area contributed by atoms with Crippen LogP contribution >= 0.6 is 11.3 Å². The largest absolute Gasteiger partial charge is 0.304 e. The molecule has 0 unspecified atom stereocenters. The fraction of sp³-hybridized carbons (Fsp3) is 0.600. The van der Waals surface area contributed by atoms with Crippen molar-refractivity contribution in [3.8, 4) is 0 Å². The minimum atomic E-state index is -0.271. The van der Waals surface area contributed by atoms with Gasteiger partial charge in [-0.2, -0.15) is 0 Å². The van der Waals surface area contributed by atoms with Gasteiger partial charge in [0.2, 0.25) is 0 Å². The predicted molar refractivity (Wildman–Crippen MR) is 66.5 cm³/mol. The fourth-order valence-corrected chi connectivity index (χ4v) is 2.62. The molecular weight excluding hydrogens is 238 g/mol. The van der Waals surface area contributed by atoms with Crippen LogP contribution in [0.5, 0.6) is 0 Å².